The van der Waals surface area contributed by atoms with Crippen LogP contribution in [-0.2, 0) is 49.6 Å². The zero-order chi connectivity index (χ0) is 52.4. The molecule has 0 radical (unpaired) electrons. The lowest BCUT2D eigenvalue weighted by Crippen LogP contribution is -2.61. The standard InChI is InChI=1S/C40H70N16O12S/c1-19(2)13-25(53-33(62)24(9-10-29(58)59)52-37(66)30(41)20(3)4)34(63)50-22(7-5-11-47-39(42)43)31(60)54-26(14-21-15-46-18-49-21)35(64)55-27(16-57)36(65)51-23(8-6-12-48-40(44)45)32(61)56-28(17-69)38(67)68/h15,18-20,22-28,30,57,69H,5-14,16-17,41H2,1-4H3,(H,46,49)(H,50,63)(H,51,65)(H,52,66)(H,53,62)(H,54,60)(H,55,64)(H,56,61)(H,58,59)(H,67,68)(H4,42,43,47)(H4,44,45,48)/t22-,23-,24-,25-,26-,27-,28-,30-/m0/s1. The number of carboxylic acid groups (broad SMARTS) is 2. The number of aliphatic hydroxyl groups excluding tert-OH is 1. The maximum atomic E-state index is 14.2. The SMILES string of the molecule is CC(C)C[C@H](NC(=O)[C@H](CCC(=O)O)NC(=O)[C@@H](N)C(C)C)C(=O)N[C@@H](CCCN=C(N)N)C(=O)N[C@@H](Cc1cnc[nH]1)C(=O)N[C@@H](CO)C(=O)N[C@@H](CCCN=C(N)N)C(=O)N[C@@H](CS)C(=O)O. The van der Waals surface area contributed by atoms with Gasteiger partial charge in [0.05, 0.1) is 19.0 Å². The van der Waals surface area contributed by atoms with Crippen LogP contribution in [-0.4, -0.2) is 164 Å². The fourth-order valence-electron chi connectivity index (χ4n) is 6.19. The summed E-state index contributed by atoms with van der Waals surface area (Å²) in [5, 5.41) is 46.2. The second-order valence-electron chi connectivity index (χ2n) is 16.6. The zero-order valence-corrected chi connectivity index (χ0v) is 40.0. The number of hydrogen-bond donors (Lipinski definition) is 17. The van der Waals surface area contributed by atoms with E-state index in [9.17, 15) is 58.5 Å². The van der Waals surface area contributed by atoms with Gasteiger partial charge in [0.15, 0.2) is 11.9 Å². The fraction of sp³-hybridized carbons (Fsp3) is 0.650. The number of aromatic nitrogens is 2. The van der Waals surface area contributed by atoms with E-state index < -0.39 is 115 Å². The Morgan fingerprint density at radius 1 is 0.638 bits per heavy atom. The molecule has 0 aliphatic carbocycles. The van der Waals surface area contributed by atoms with Crippen molar-refractivity contribution in [3.05, 3.63) is 18.2 Å². The van der Waals surface area contributed by atoms with E-state index in [0.29, 0.717) is 5.69 Å². The average molecular weight is 999 g/mol. The molecule has 0 fully saturated rings. The molecule has 0 saturated heterocycles. The minimum atomic E-state index is -1.74. The number of carbonyl (C=O) groups excluding carboxylic acids is 7. The minimum Gasteiger partial charge on any atom is -0.481 e. The van der Waals surface area contributed by atoms with Crippen LogP contribution in [0.2, 0.25) is 0 Å². The molecule has 0 aliphatic heterocycles. The lowest BCUT2D eigenvalue weighted by molar-refractivity contribution is -0.141. The minimum absolute atomic E-state index is 0.00186. The van der Waals surface area contributed by atoms with Crippen LogP contribution in [0, 0.1) is 11.8 Å². The van der Waals surface area contributed by atoms with E-state index in [1.165, 1.54) is 12.5 Å². The predicted octanol–water partition coefficient (Wildman–Crippen LogP) is -5.65. The Kier molecular flexibility index (Phi) is 27.4. The van der Waals surface area contributed by atoms with Crippen molar-refractivity contribution in [3.8, 4) is 0 Å². The maximum Gasteiger partial charge on any atom is 0.327 e. The first-order valence-corrected chi connectivity index (χ1v) is 22.7. The smallest absolute Gasteiger partial charge is 0.327 e. The first-order chi connectivity index (χ1) is 32.4. The second-order valence-corrected chi connectivity index (χ2v) is 17.0. The van der Waals surface area contributed by atoms with Crippen LogP contribution in [0.25, 0.3) is 0 Å². The third kappa shape index (κ3) is 23.7. The molecule has 1 heterocycles. The van der Waals surface area contributed by atoms with Gasteiger partial charge < -0.3 is 86.2 Å². The molecule has 388 valence electrons. The van der Waals surface area contributed by atoms with Crippen molar-refractivity contribution in [1.82, 2.24) is 47.2 Å². The normalized spacial score (nSPS) is 14.5. The van der Waals surface area contributed by atoms with Crippen molar-refractivity contribution < 1.29 is 58.5 Å². The van der Waals surface area contributed by atoms with Crippen molar-refractivity contribution in [2.24, 2.45) is 50.5 Å². The summed E-state index contributed by atoms with van der Waals surface area (Å²) in [6, 6.07) is -11.4. The Bertz CT molecular complexity index is 1930. The molecule has 8 atom stereocenters. The number of aliphatic hydroxyl groups is 1. The molecule has 0 saturated carbocycles. The van der Waals surface area contributed by atoms with Crippen LogP contribution in [0.4, 0.5) is 0 Å². The van der Waals surface area contributed by atoms with E-state index in [1.807, 2.05) is 0 Å². The lowest BCUT2D eigenvalue weighted by atomic mass is 10.00. The van der Waals surface area contributed by atoms with Gasteiger partial charge in [-0.05, 0) is 50.4 Å². The van der Waals surface area contributed by atoms with Gasteiger partial charge in [0.25, 0.3) is 0 Å². The molecule has 69 heavy (non-hydrogen) atoms. The third-order valence-corrected chi connectivity index (χ3v) is 10.4. The number of nitrogens with two attached hydrogens (primary N) is 5. The average Bonchev–Trinajstić information content (AvgIpc) is 3.79. The molecule has 0 bridgehead atoms. The second kappa shape index (κ2) is 31.3. The van der Waals surface area contributed by atoms with Crippen LogP contribution >= 0.6 is 12.6 Å². The van der Waals surface area contributed by atoms with Crippen LogP contribution in [0.1, 0.15) is 78.3 Å². The van der Waals surface area contributed by atoms with Crippen LogP contribution in [0.3, 0.4) is 0 Å². The van der Waals surface area contributed by atoms with E-state index >= 15 is 0 Å². The molecule has 29 heteroatoms. The van der Waals surface area contributed by atoms with Gasteiger partial charge in [-0.1, -0.05) is 27.7 Å². The number of imidazole rings is 1. The molecule has 21 N–H and O–H groups in total. The largest absolute Gasteiger partial charge is 0.481 e. The number of thiol groups is 1. The fourth-order valence-corrected chi connectivity index (χ4v) is 6.44. The maximum absolute atomic E-state index is 14.2. The molecular weight excluding hydrogens is 929 g/mol. The summed E-state index contributed by atoms with van der Waals surface area (Å²) in [5.41, 5.74) is 28.0. The van der Waals surface area contributed by atoms with Crippen molar-refractivity contribution in [3.63, 3.8) is 0 Å². The van der Waals surface area contributed by atoms with Crippen molar-refractivity contribution in [2.75, 3.05) is 25.4 Å². The van der Waals surface area contributed by atoms with E-state index in [4.69, 9.17) is 28.7 Å². The summed E-state index contributed by atoms with van der Waals surface area (Å²) in [7, 11) is 0. The number of aliphatic carboxylic acids is 2. The van der Waals surface area contributed by atoms with Crippen LogP contribution in [0.5, 0.6) is 0 Å². The number of H-pyrrole nitrogens is 1. The summed E-state index contributed by atoms with van der Waals surface area (Å²) in [6.07, 6.45) is 1.48. The number of aliphatic imine (C=N–C) groups is 2. The van der Waals surface area contributed by atoms with Gasteiger partial charge in [-0.2, -0.15) is 12.6 Å². The Balaban J connectivity index is 3.52. The number of amides is 7. The number of aromatic amines is 1. The van der Waals surface area contributed by atoms with Gasteiger partial charge in [0.1, 0.15) is 42.3 Å². The number of nitrogens with one attached hydrogen (secondary N) is 8. The lowest BCUT2D eigenvalue weighted by Gasteiger charge is -2.28. The molecule has 28 nitrogen and oxygen atoms in total. The molecule has 1 rings (SSSR count). The van der Waals surface area contributed by atoms with Crippen LogP contribution < -0.4 is 65.9 Å². The molecule has 0 aliphatic rings. The Morgan fingerprint density at radius 3 is 1.48 bits per heavy atom. The third-order valence-electron chi connectivity index (χ3n) is 10.0. The Hall–Kier alpha value is -6.75. The monoisotopic (exact) mass is 999 g/mol. The highest BCUT2D eigenvalue weighted by Gasteiger charge is 2.35. The number of guanidine groups is 2. The summed E-state index contributed by atoms with van der Waals surface area (Å²) in [4.78, 5) is 133. The van der Waals surface area contributed by atoms with E-state index in [0.717, 1.165) is 0 Å². The quantitative estimate of drug-likeness (QED) is 0.0135. The summed E-state index contributed by atoms with van der Waals surface area (Å²) < 4.78 is 0. The van der Waals surface area contributed by atoms with Gasteiger partial charge in [-0.25, -0.2) is 9.78 Å². The Labute approximate surface area is 404 Å². The molecule has 0 unspecified atom stereocenters. The first-order valence-electron chi connectivity index (χ1n) is 22.0. The van der Waals surface area contributed by atoms with E-state index in [-0.39, 0.29) is 87.5 Å². The topological polar surface area (TPSA) is 482 Å². The van der Waals surface area contributed by atoms with E-state index in [1.54, 1.807) is 27.7 Å². The van der Waals surface area contributed by atoms with Crippen LogP contribution in [0.15, 0.2) is 22.5 Å². The summed E-state index contributed by atoms with van der Waals surface area (Å²) in [6.45, 7) is 5.86. The highest BCUT2D eigenvalue weighted by molar-refractivity contribution is 7.80. The molecule has 0 spiro atoms. The predicted molar refractivity (Wildman–Crippen MR) is 253 cm³/mol. The van der Waals surface area contributed by atoms with Crippen molar-refractivity contribution in [2.45, 2.75) is 127 Å². The number of hydrogen-bond acceptors (Lipinski definition) is 15. The molecular formula is C40H70N16O12S. The molecule has 1 aromatic rings. The number of carbonyl (C=O) groups is 9. The van der Waals surface area contributed by atoms with Gasteiger partial charge in [0, 0.05) is 43.6 Å². The zero-order valence-electron chi connectivity index (χ0n) is 39.1. The highest BCUT2D eigenvalue weighted by Crippen LogP contribution is 2.11. The van der Waals surface area contributed by atoms with Crippen molar-refractivity contribution in [1.29, 1.82) is 0 Å². The molecule has 0 aromatic carbocycles. The number of carboxylic acids is 2. The van der Waals surface area contributed by atoms with Gasteiger partial charge in [-0.3, -0.25) is 48.3 Å². The van der Waals surface area contributed by atoms with Gasteiger partial charge >= 0.3 is 11.9 Å². The Morgan fingerprint density at radius 2 is 1.06 bits per heavy atom. The van der Waals surface area contributed by atoms with E-state index in [2.05, 4.69) is 69.8 Å². The highest BCUT2D eigenvalue weighted by atomic mass is 32.1. The van der Waals surface area contributed by atoms with Gasteiger partial charge in [-0.15, -0.1) is 0 Å². The van der Waals surface area contributed by atoms with Gasteiger partial charge in [0.2, 0.25) is 41.4 Å². The number of rotatable bonds is 33. The summed E-state index contributed by atoms with van der Waals surface area (Å²) >= 11 is 3.94. The first kappa shape index (κ1) is 60.3. The van der Waals surface area contributed by atoms with Crippen molar-refractivity contribution >= 4 is 77.8 Å². The molecule has 7 amide bonds. The molecule has 1 aromatic heterocycles. The summed E-state index contributed by atoms with van der Waals surface area (Å²) in [5.74, 6) is -10.5. The number of nitrogens with zero attached hydrogens (tertiary/aromatic N) is 3.